The molecule has 3 heterocycles. The molecule has 21 heavy (non-hydrogen) atoms. The molecule has 0 aliphatic rings. The molecule has 1 amide bonds. The standard InChI is InChI=1S/C13H11N5O2S/c19-10(16-13-15-7-8-21-13)4-5-11-17-12(18-20-11)9-3-1-2-6-14-9/h1-3,6-8H,4-5H2,(H,15,16,19). The first kappa shape index (κ1) is 13.4. The topological polar surface area (TPSA) is 93.8 Å². The Morgan fingerprint density at radius 3 is 3.00 bits per heavy atom. The van der Waals surface area contributed by atoms with E-state index in [1.54, 1.807) is 23.8 Å². The van der Waals surface area contributed by atoms with Crippen molar-refractivity contribution in [3.8, 4) is 11.5 Å². The van der Waals surface area contributed by atoms with Gasteiger partial charge in [0.2, 0.25) is 17.6 Å². The van der Waals surface area contributed by atoms with Gasteiger partial charge in [-0.05, 0) is 12.1 Å². The van der Waals surface area contributed by atoms with Crippen molar-refractivity contribution in [2.24, 2.45) is 0 Å². The van der Waals surface area contributed by atoms with Crippen LogP contribution in [0.5, 0.6) is 0 Å². The summed E-state index contributed by atoms with van der Waals surface area (Å²) in [6.07, 6.45) is 3.92. The number of hydrogen-bond acceptors (Lipinski definition) is 7. The van der Waals surface area contributed by atoms with Crippen LogP contribution in [-0.4, -0.2) is 26.0 Å². The van der Waals surface area contributed by atoms with Crippen molar-refractivity contribution >= 4 is 22.4 Å². The van der Waals surface area contributed by atoms with E-state index in [0.717, 1.165) is 0 Å². The van der Waals surface area contributed by atoms with Crippen LogP contribution in [0.2, 0.25) is 0 Å². The molecule has 0 fully saturated rings. The van der Waals surface area contributed by atoms with Gasteiger partial charge in [0.1, 0.15) is 5.69 Å². The van der Waals surface area contributed by atoms with Crippen LogP contribution in [0.3, 0.4) is 0 Å². The lowest BCUT2D eigenvalue weighted by Crippen LogP contribution is -2.12. The quantitative estimate of drug-likeness (QED) is 0.776. The second-order valence-corrected chi connectivity index (χ2v) is 5.01. The number of carbonyl (C=O) groups is 1. The maximum Gasteiger partial charge on any atom is 0.227 e. The Hall–Kier alpha value is -2.61. The largest absolute Gasteiger partial charge is 0.339 e. The summed E-state index contributed by atoms with van der Waals surface area (Å²) in [4.78, 5) is 24.0. The molecule has 3 rings (SSSR count). The van der Waals surface area contributed by atoms with E-state index in [2.05, 4.69) is 25.4 Å². The Bertz CT molecular complexity index is 711. The van der Waals surface area contributed by atoms with E-state index in [0.29, 0.717) is 29.0 Å². The van der Waals surface area contributed by atoms with Gasteiger partial charge in [-0.1, -0.05) is 11.2 Å². The first-order valence-electron chi connectivity index (χ1n) is 6.24. The van der Waals surface area contributed by atoms with Crippen molar-refractivity contribution in [1.29, 1.82) is 0 Å². The summed E-state index contributed by atoms with van der Waals surface area (Å²) in [6.45, 7) is 0. The third kappa shape index (κ3) is 3.48. The zero-order chi connectivity index (χ0) is 14.5. The number of thiazole rings is 1. The molecule has 0 atom stereocenters. The lowest BCUT2D eigenvalue weighted by atomic mass is 10.3. The first-order chi connectivity index (χ1) is 10.3. The molecule has 0 saturated heterocycles. The van der Waals surface area contributed by atoms with E-state index in [1.165, 1.54) is 11.3 Å². The highest BCUT2D eigenvalue weighted by Crippen LogP contribution is 2.14. The number of anilines is 1. The van der Waals surface area contributed by atoms with Crippen LogP contribution in [0.15, 0.2) is 40.5 Å². The predicted octanol–water partition coefficient (Wildman–Crippen LogP) is 2.16. The summed E-state index contributed by atoms with van der Waals surface area (Å²) < 4.78 is 5.11. The lowest BCUT2D eigenvalue weighted by Gasteiger charge is -1.98. The molecule has 0 spiro atoms. The van der Waals surface area contributed by atoms with Gasteiger partial charge in [0, 0.05) is 30.6 Å². The van der Waals surface area contributed by atoms with Gasteiger partial charge in [-0.3, -0.25) is 9.78 Å². The number of amides is 1. The molecular weight excluding hydrogens is 290 g/mol. The second-order valence-electron chi connectivity index (χ2n) is 4.11. The Morgan fingerprint density at radius 2 is 2.24 bits per heavy atom. The van der Waals surface area contributed by atoms with E-state index in [1.807, 2.05) is 12.1 Å². The fourth-order valence-electron chi connectivity index (χ4n) is 1.64. The molecule has 0 aliphatic heterocycles. The van der Waals surface area contributed by atoms with Crippen molar-refractivity contribution in [2.75, 3.05) is 5.32 Å². The average Bonchev–Trinajstić information content (AvgIpc) is 3.17. The highest BCUT2D eigenvalue weighted by molar-refractivity contribution is 7.13. The van der Waals surface area contributed by atoms with Crippen LogP contribution in [0, 0.1) is 0 Å². The molecule has 106 valence electrons. The molecule has 3 aromatic heterocycles. The molecule has 0 saturated carbocycles. The molecule has 8 heteroatoms. The van der Waals surface area contributed by atoms with Crippen molar-refractivity contribution in [3.63, 3.8) is 0 Å². The van der Waals surface area contributed by atoms with E-state index in [9.17, 15) is 4.79 Å². The molecule has 1 N–H and O–H groups in total. The summed E-state index contributed by atoms with van der Waals surface area (Å²) in [7, 11) is 0. The van der Waals surface area contributed by atoms with Gasteiger partial charge in [-0.2, -0.15) is 4.98 Å². The fraction of sp³-hybridized carbons (Fsp3) is 0.154. The van der Waals surface area contributed by atoms with Gasteiger partial charge < -0.3 is 9.84 Å². The number of rotatable bonds is 5. The Kier molecular flexibility index (Phi) is 3.97. The van der Waals surface area contributed by atoms with E-state index in [-0.39, 0.29) is 12.3 Å². The van der Waals surface area contributed by atoms with Crippen LogP contribution < -0.4 is 5.32 Å². The van der Waals surface area contributed by atoms with E-state index >= 15 is 0 Å². The maximum atomic E-state index is 11.7. The second kappa shape index (κ2) is 6.23. The number of aromatic nitrogens is 4. The van der Waals surface area contributed by atoms with E-state index < -0.39 is 0 Å². The SMILES string of the molecule is O=C(CCc1nc(-c2ccccn2)no1)Nc1nccs1. The summed E-state index contributed by atoms with van der Waals surface area (Å²) >= 11 is 1.37. The number of aryl methyl sites for hydroxylation is 1. The molecule has 0 radical (unpaired) electrons. The Balaban J connectivity index is 1.56. The molecule has 0 aliphatic carbocycles. The maximum absolute atomic E-state index is 11.7. The monoisotopic (exact) mass is 301 g/mol. The Labute approximate surface area is 124 Å². The molecule has 3 aromatic rings. The van der Waals surface area contributed by atoms with Crippen molar-refractivity contribution < 1.29 is 9.32 Å². The zero-order valence-electron chi connectivity index (χ0n) is 10.9. The van der Waals surface area contributed by atoms with Crippen molar-refractivity contribution in [2.45, 2.75) is 12.8 Å². The minimum Gasteiger partial charge on any atom is -0.339 e. The van der Waals surface area contributed by atoms with Gasteiger partial charge in [0.15, 0.2) is 5.13 Å². The fourth-order valence-corrected chi connectivity index (χ4v) is 2.19. The summed E-state index contributed by atoms with van der Waals surface area (Å²) in [5, 5.41) is 8.93. The third-order valence-corrected chi connectivity index (χ3v) is 3.30. The van der Waals surface area contributed by atoms with Crippen LogP contribution >= 0.6 is 11.3 Å². The van der Waals surface area contributed by atoms with Gasteiger partial charge in [0.05, 0.1) is 0 Å². The first-order valence-corrected chi connectivity index (χ1v) is 7.12. The van der Waals surface area contributed by atoms with Crippen LogP contribution in [-0.2, 0) is 11.2 Å². The van der Waals surface area contributed by atoms with Crippen LogP contribution in [0.25, 0.3) is 11.5 Å². The van der Waals surface area contributed by atoms with Crippen LogP contribution in [0.1, 0.15) is 12.3 Å². The molecular formula is C13H11N5O2S. The number of hydrogen-bond donors (Lipinski definition) is 1. The lowest BCUT2D eigenvalue weighted by molar-refractivity contribution is -0.116. The number of carbonyl (C=O) groups excluding carboxylic acids is 1. The molecule has 7 nitrogen and oxygen atoms in total. The summed E-state index contributed by atoms with van der Waals surface area (Å²) in [5.41, 5.74) is 0.639. The summed E-state index contributed by atoms with van der Waals surface area (Å²) in [6, 6.07) is 5.46. The highest BCUT2D eigenvalue weighted by atomic mass is 32.1. The highest BCUT2D eigenvalue weighted by Gasteiger charge is 2.11. The van der Waals surface area contributed by atoms with Crippen LogP contribution in [0.4, 0.5) is 5.13 Å². The zero-order valence-corrected chi connectivity index (χ0v) is 11.7. The Morgan fingerprint density at radius 1 is 1.29 bits per heavy atom. The minimum atomic E-state index is -0.137. The van der Waals surface area contributed by atoms with Crippen molar-refractivity contribution in [3.05, 3.63) is 41.9 Å². The number of nitrogens with zero attached hydrogens (tertiary/aromatic N) is 4. The average molecular weight is 301 g/mol. The number of pyridine rings is 1. The van der Waals surface area contributed by atoms with Gasteiger partial charge in [0.25, 0.3) is 0 Å². The van der Waals surface area contributed by atoms with Crippen molar-refractivity contribution in [1.82, 2.24) is 20.1 Å². The number of nitrogens with one attached hydrogen (secondary N) is 1. The third-order valence-electron chi connectivity index (χ3n) is 2.61. The van der Waals surface area contributed by atoms with Gasteiger partial charge in [-0.15, -0.1) is 11.3 Å². The molecule has 0 bridgehead atoms. The normalized spacial score (nSPS) is 10.5. The van der Waals surface area contributed by atoms with Gasteiger partial charge >= 0.3 is 0 Å². The molecule has 0 aromatic carbocycles. The minimum absolute atomic E-state index is 0.137. The van der Waals surface area contributed by atoms with Gasteiger partial charge in [-0.25, -0.2) is 4.98 Å². The predicted molar refractivity (Wildman–Crippen MR) is 76.6 cm³/mol. The smallest absolute Gasteiger partial charge is 0.227 e. The van der Waals surface area contributed by atoms with E-state index in [4.69, 9.17) is 4.52 Å². The molecule has 0 unspecified atom stereocenters. The summed E-state index contributed by atoms with van der Waals surface area (Å²) in [5.74, 6) is 0.693.